The molecule has 1 heterocycles. The second kappa shape index (κ2) is 5.40. The van der Waals surface area contributed by atoms with E-state index in [0.29, 0.717) is 28.6 Å². The van der Waals surface area contributed by atoms with Crippen molar-refractivity contribution >= 4 is 21.6 Å². The van der Waals surface area contributed by atoms with Crippen LogP contribution in [0.5, 0.6) is 0 Å². The van der Waals surface area contributed by atoms with Crippen molar-refractivity contribution in [1.82, 2.24) is 9.21 Å². The third kappa shape index (κ3) is 2.94. The molecule has 0 saturated carbocycles. The van der Waals surface area contributed by atoms with Gasteiger partial charge in [-0.2, -0.15) is 4.31 Å². The maximum atomic E-state index is 12.6. The SMILES string of the molecule is Cc1cc(S(=O)(=O)N2CCN(C)CC2)c(C)cc1Cl. The van der Waals surface area contributed by atoms with Gasteiger partial charge < -0.3 is 4.90 Å². The van der Waals surface area contributed by atoms with Crippen LogP contribution in [-0.4, -0.2) is 50.8 Å². The number of halogens is 1. The van der Waals surface area contributed by atoms with Crippen LogP contribution in [-0.2, 0) is 10.0 Å². The van der Waals surface area contributed by atoms with E-state index < -0.39 is 10.0 Å². The third-order valence-electron chi connectivity index (χ3n) is 3.54. The van der Waals surface area contributed by atoms with Crippen LogP contribution in [0, 0.1) is 13.8 Å². The van der Waals surface area contributed by atoms with E-state index in [1.165, 1.54) is 0 Å². The molecule has 2 rings (SSSR count). The van der Waals surface area contributed by atoms with E-state index in [1.54, 1.807) is 23.4 Å². The molecule has 0 spiro atoms. The third-order valence-corrected chi connectivity index (χ3v) is 5.98. The van der Waals surface area contributed by atoms with Crippen LogP contribution in [0.25, 0.3) is 0 Å². The van der Waals surface area contributed by atoms with Crippen LogP contribution in [0.1, 0.15) is 11.1 Å². The van der Waals surface area contributed by atoms with Crippen molar-refractivity contribution in [1.29, 1.82) is 0 Å². The first-order valence-electron chi connectivity index (χ1n) is 6.28. The fourth-order valence-electron chi connectivity index (χ4n) is 2.20. The second-order valence-electron chi connectivity index (χ2n) is 5.07. The Morgan fingerprint density at radius 1 is 1.05 bits per heavy atom. The zero-order valence-electron chi connectivity index (χ0n) is 11.5. The minimum absolute atomic E-state index is 0.374. The molecule has 0 bridgehead atoms. The molecule has 0 atom stereocenters. The monoisotopic (exact) mass is 302 g/mol. The molecule has 6 heteroatoms. The van der Waals surface area contributed by atoms with Crippen molar-refractivity contribution < 1.29 is 8.42 Å². The molecule has 106 valence electrons. The maximum Gasteiger partial charge on any atom is 0.243 e. The summed E-state index contributed by atoms with van der Waals surface area (Å²) in [6, 6.07) is 3.39. The minimum atomic E-state index is -3.41. The number of piperazine rings is 1. The molecule has 1 aliphatic rings. The van der Waals surface area contributed by atoms with E-state index in [9.17, 15) is 8.42 Å². The lowest BCUT2D eigenvalue weighted by Gasteiger charge is -2.32. The van der Waals surface area contributed by atoms with Crippen molar-refractivity contribution in [3.05, 3.63) is 28.3 Å². The zero-order valence-corrected chi connectivity index (χ0v) is 13.1. The number of hydrogen-bond acceptors (Lipinski definition) is 3. The topological polar surface area (TPSA) is 40.6 Å². The molecular formula is C13H19ClN2O2S. The molecule has 19 heavy (non-hydrogen) atoms. The van der Waals surface area contributed by atoms with E-state index in [1.807, 2.05) is 14.0 Å². The highest BCUT2D eigenvalue weighted by atomic mass is 35.5. The summed E-state index contributed by atoms with van der Waals surface area (Å²) in [6.07, 6.45) is 0. The summed E-state index contributed by atoms with van der Waals surface area (Å²) in [6.45, 7) is 6.23. The molecular weight excluding hydrogens is 284 g/mol. The Kier molecular flexibility index (Phi) is 4.20. The van der Waals surface area contributed by atoms with Gasteiger partial charge in [0.2, 0.25) is 10.0 Å². The first-order valence-corrected chi connectivity index (χ1v) is 8.09. The number of hydrogen-bond donors (Lipinski definition) is 0. The van der Waals surface area contributed by atoms with Gasteiger partial charge in [0.05, 0.1) is 4.90 Å². The summed E-state index contributed by atoms with van der Waals surface area (Å²) in [4.78, 5) is 2.50. The fourth-order valence-corrected chi connectivity index (χ4v) is 4.13. The van der Waals surface area contributed by atoms with Gasteiger partial charge >= 0.3 is 0 Å². The van der Waals surface area contributed by atoms with Crippen LogP contribution >= 0.6 is 11.6 Å². The molecule has 1 aromatic rings. The van der Waals surface area contributed by atoms with Gasteiger partial charge in [-0.25, -0.2) is 8.42 Å². The summed E-state index contributed by atoms with van der Waals surface area (Å²) in [5.41, 5.74) is 1.49. The van der Waals surface area contributed by atoms with E-state index in [4.69, 9.17) is 11.6 Å². The molecule has 0 N–H and O–H groups in total. The van der Waals surface area contributed by atoms with Crippen molar-refractivity contribution in [2.24, 2.45) is 0 Å². The molecule has 0 unspecified atom stereocenters. The Morgan fingerprint density at radius 3 is 2.21 bits per heavy atom. The number of likely N-dealkylation sites (N-methyl/N-ethyl adjacent to an activating group) is 1. The van der Waals surface area contributed by atoms with Crippen LogP contribution in [0.15, 0.2) is 17.0 Å². The number of aryl methyl sites for hydroxylation is 2. The highest BCUT2D eigenvalue weighted by Crippen LogP contribution is 2.26. The van der Waals surface area contributed by atoms with Gasteiger partial charge in [0.15, 0.2) is 0 Å². The van der Waals surface area contributed by atoms with Crippen molar-refractivity contribution in [2.75, 3.05) is 33.2 Å². The predicted octanol–water partition coefficient (Wildman–Crippen LogP) is 1.89. The van der Waals surface area contributed by atoms with Gasteiger partial charge in [0.25, 0.3) is 0 Å². The van der Waals surface area contributed by atoms with Crippen molar-refractivity contribution in [2.45, 2.75) is 18.7 Å². The first-order chi connectivity index (χ1) is 8.82. The highest BCUT2D eigenvalue weighted by molar-refractivity contribution is 7.89. The lowest BCUT2D eigenvalue weighted by molar-refractivity contribution is 0.222. The average Bonchev–Trinajstić information content (AvgIpc) is 2.34. The molecule has 0 aromatic heterocycles. The Balaban J connectivity index is 2.37. The van der Waals surface area contributed by atoms with Gasteiger partial charge in [-0.1, -0.05) is 11.6 Å². The van der Waals surface area contributed by atoms with E-state index in [-0.39, 0.29) is 0 Å². The average molecular weight is 303 g/mol. The lowest BCUT2D eigenvalue weighted by atomic mass is 10.2. The first kappa shape index (κ1) is 14.8. The van der Waals surface area contributed by atoms with E-state index >= 15 is 0 Å². The van der Waals surface area contributed by atoms with Crippen LogP contribution in [0.4, 0.5) is 0 Å². The van der Waals surface area contributed by atoms with Gasteiger partial charge in [-0.15, -0.1) is 0 Å². The smallest absolute Gasteiger partial charge is 0.243 e. The van der Waals surface area contributed by atoms with Gasteiger partial charge in [0, 0.05) is 31.2 Å². The molecule has 1 saturated heterocycles. The van der Waals surface area contributed by atoms with E-state index in [0.717, 1.165) is 18.7 Å². The summed E-state index contributed by atoms with van der Waals surface area (Å²) in [5, 5.41) is 0.606. The van der Waals surface area contributed by atoms with Gasteiger partial charge in [-0.3, -0.25) is 0 Å². The normalized spacial score (nSPS) is 18.7. The quantitative estimate of drug-likeness (QED) is 0.838. The number of rotatable bonds is 2. The fraction of sp³-hybridized carbons (Fsp3) is 0.538. The molecule has 1 fully saturated rings. The second-order valence-corrected chi connectivity index (χ2v) is 7.39. The van der Waals surface area contributed by atoms with Crippen LogP contribution < -0.4 is 0 Å². The molecule has 0 radical (unpaired) electrons. The highest BCUT2D eigenvalue weighted by Gasteiger charge is 2.28. The Bertz CT molecular complexity index is 579. The van der Waals surface area contributed by atoms with Crippen molar-refractivity contribution in [3.8, 4) is 0 Å². The standard InChI is InChI=1S/C13H19ClN2O2S/c1-10-9-13(11(2)8-12(10)14)19(17,18)16-6-4-15(3)5-7-16/h8-9H,4-7H2,1-3H3. The molecule has 0 aliphatic carbocycles. The maximum absolute atomic E-state index is 12.6. The minimum Gasteiger partial charge on any atom is -0.304 e. The van der Waals surface area contributed by atoms with Crippen LogP contribution in [0.3, 0.4) is 0 Å². The Labute approximate surface area is 120 Å². The van der Waals surface area contributed by atoms with Gasteiger partial charge in [-0.05, 0) is 44.2 Å². The zero-order chi connectivity index (χ0) is 14.2. The molecule has 0 amide bonds. The van der Waals surface area contributed by atoms with Crippen LogP contribution in [0.2, 0.25) is 5.02 Å². The van der Waals surface area contributed by atoms with Crippen molar-refractivity contribution in [3.63, 3.8) is 0 Å². The summed E-state index contributed by atoms with van der Waals surface area (Å²) < 4.78 is 26.8. The number of nitrogens with zero attached hydrogens (tertiary/aromatic N) is 2. The summed E-state index contributed by atoms with van der Waals surface area (Å²) >= 11 is 6.03. The molecule has 4 nitrogen and oxygen atoms in total. The lowest BCUT2D eigenvalue weighted by Crippen LogP contribution is -2.47. The van der Waals surface area contributed by atoms with E-state index in [2.05, 4.69) is 4.90 Å². The number of sulfonamides is 1. The molecule has 1 aromatic carbocycles. The largest absolute Gasteiger partial charge is 0.304 e. The van der Waals surface area contributed by atoms with Gasteiger partial charge in [0.1, 0.15) is 0 Å². The summed E-state index contributed by atoms with van der Waals surface area (Å²) in [7, 11) is -1.41. The number of benzene rings is 1. The summed E-state index contributed by atoms with van der Waals surface area (Å²) in [5.74, 6) is 0. The molecule has 1 aliphatic heterocycles. The Morgan fingerprint density at radius 2 is 1.63 bits per heavy atom. The predicted molar refractivity (Wildman–Crippen MR) is 77.2 cm³/mol. The Hall–Kier alpha value is -0.620.